The minimum Gasteiger partial charge on any atom is -0.392 e. The average molecular weight is 620 g/mol. The first kappa shape index (κ1) is 31.0. The first-order chi connectivity index (χ1) is 20.5. The maximum absolute atomic E-state index is 13.1. The van der Waals surface area contributed by atoms with E-state index < -0.39 is 30.3 Å². The van der Waals surface area contributed by atoms with Gasteiger partial charge in [0, 0.05) is 36.5 Å². The zero-order valence-electron chi connectivity index (χ0n) is 23.5. The number of nitrogens with one attached hydrogen (secondary N) is 1. The van der Waals surface area contributed by atoms with Crippen molar-refractivity contribution >= 4 is 29.3 Å². The minimum atomic E-state index is -5.05. The molecule has 0 unspecified atom stereocenters. The van der Waals surface area contributed by atoms with Crippen LogP contribution in [-0.2, 0) is 32.7 Å². The maximum Gasteiger partial charge on any atom is 0.471 e. The number of carbonyl (C=O) groups excluding carboxylic acids is 2. The third-order valence-electron chi connectivity index (χ3n) is 7.66. The van der Waals surface area contributed by atoms with Crippen molar-refractivity contribution in [2.75, 3.05) is 17.6 Å². The van der Waals surface area contributed by atoms with Gasteiger partial charge in [0.1, 0.15) is 12.4 Å². The SMILES string of the molecule is C[C@@H]1[C@H](CSc2nncn2C)O[C@H](c2cccc(NC(=O)[C@@H]3CCCN3C(=O)C(F)(F)F)c2)O[C@@H]1c1ccc(CO)cc1. The Balaban J connectivity index is 1.35. The van der Waals surface area contributed by atoms with Crippen molar-refractivity contribution in [2.24, 2.45) is 13.0 Å². The van der Waals surface area contributed by atoms with Crippen LogP contribution in [0.3, 0.4) is 0 Å². The van der Waals surface area contributed by atoms with E-state index in [1.807, 2.05) is 42.8 Å². The lowest BCUT2D eigenvalue weighted by atomic mass is 9.91. The highest BCUT2D eigenvalue weighted by Gasteiger charge is 2.47. The number of thioether (sulfide) groups is 1. The summed E-state index contributed by atoms with van der Waals surface area (Å²) in [6.45, 7) is 1.83. The normalized spacial score (nSPS) is 24.2. The van der Waals surface area contributed by atoms with Gasteiger partial charge in [0.2, 0.25) is 5.91 Å². The Morgan fingerprint density at radius 1 is 1.14 bits per heavy atom. The Morgan fingerprint density at radius 3 is 2.58 bits per heavy atom. The van der Waals surface area contributed by atoms with Crippen LogP contribution in [-0.4, -0.2) is 67.2 Å². The number of amides is 2. The molecule has 10 nitrogen and oxygen atoms in total. The number of likely N-dealkylation sites (tertiary alicyclic amines) is 1. The van der Waals surface area contributed by atoms with Crippen LogP contribution < -0.4 is 5.32 Å². The van der Waals surface area contributed by atoms with Gasteiger partial charge in [0.05, 0.1) is 18.8 Å². The number of halogens is 3. The van der Waals surface area contributed by atoms with Gasteiger partial charge in [-0.2, -0.15) is 13.2 Å². The zero-order chi connectivity index (χ0) is 30.7. The second-order valence-electron chi connectivity index (χ2n) is 10.6. The molecule has 0 radical (unpaired) electrons. The smallest absolute Gasteiger partial charge is 0.392 e. The molecule has 1 aromatic heterocycles. The summed E-state index contributed by atoms with van der Waals surface area (Å²) < 4.78 is 53.9. The molecule has 2 amide bonds. The molecule has 0 saturated carbocycles. The molecular weight excluding hydrogens is 587 g/mol. The highest BCUT2D eigenvalue weighted by atomic mass is 32.2. The van der Waals surface area contributed by atoms with E-state index in [1.165, 1.54) is 11.8 Å². The summed E-state index contributed by atoms with van der Waals surface area (Å²) in [5, 5.41) is 20.9. The molecule has 0 spiro atoms. The van der Waals surface area contributed by atoms with E-state index >= 15 is 0 Å². The summed E-state index contributed by atoms with van der Waals surface area (Å²) in [6.07, 6.45) is -4.45. The lowest BCUT2D eigenvalue weighted by Gasteiger charge is -2.41. The number of carbonyl (C=O) groups is 2. The Labute approximate surface area is 250 Å². The molecule has 5 rings (SSSR count). The Morgan fingerprint density at radius 2 is 1.91 bits per heavy atom. The van der Waals surface area contributed by atoms with Gasteiger partial charge in [-0.3, -0.25) is 9.59 Å². The molecule has 3 heterocycles. The number of ether oxygens (including phenoxy) is 2. The lowest BCUT2D eigenvalue weighted by molar-refractivity contribution is -0.268. The van der Waals surface area contributed by atoms with Gasteiger partial charge >= 0.3 is 12.1 Å². The third kappa shape index (κ3) is 7.03. The molecule has 14 heteroatoms. The van der Waals surface area contributed by atoms with E-state index in [2.05, 4.69) is 15.5 Å². The van der Waals surface area contributed by atoms with Crippen molar-refractivity contribution in [1.82, 2.24) is 19.7 Å². The zero-order valence-corrected chi connectivity index (χ0v) is 24.3. The monoisotopic (exact) mass is 619 g/mol. The summed E-state index contributed by atoms with van der Waals surface area (Å²) in [6, 6.07) is 13.0. The number of aliphatic hydroxyl groups excluding tert-OH is 1. The molecule has 2 aliphatic heterocycles. The highest BCUT2D eigenvalue weighted by Crippen LogP contribution is 2.43. The molecule has 2 fully saturated rings. The number of anilines is 1. The quantitative estimate of drug-likeness (QED) is 0.357. The molecule has 2 aliphatic rings. The van der Waals surface area contributed by atoms with Gasteiger partial charge in [-0.25, -0.2) is 0 Å². The summed E-state index contributed by atoms with van der Waals surface area (Å²) >= 11 is 1.50. The third-order valence-corrected chi connectivity index (χ3v) is 8.78. The van der Waals surface area contributed by atoms with Crippen LogP contribution in [0.4, 0.5) is 18.9 Å². The van der Waals surface area contributed by atoms with Crippen LogP contribution in [0.2, 0.25) is 0 Å². The molecule has 0 bridgehead atoms. The second-order valence-corrected chi connectivity index (χ2v) is 11.6. The van der Waals surface area contributed by atoms with Crippen LogP contribution >= 0.6 is 11.8 Å². The Kier molecular flexibility index (Phi) is 9.39. The van der Waals surface area contributed by atoms with Crippen molar-refractivity contribution in [1.29, 1.82) is 0 Å². The van der Waals surface area contributed by atoms with Crippen molar-refractivity contribution in [3.63, 3.8) is 0 Å². The van der Waals surface area contributed by atoms with E-state index in [0.29, 0.717) is 28.3 Å². The largest absolute Gasteiger partial charge is 0.471 e. The molecule has 0 aliphatic carbocycles. The number of hydrogen-bond donors (Lipinski definition) is 2. The molecule has 3 aromatic rings. The van der Waals surface area contributed by atoms with Crippen molar-refractivity contribution in [2.45, 2.75) is 62.2 Å². The lowest BCUT2D eigenvalue weighted by Crippen LogP contribution is -2.48. The summed E-state index contributed by atoms with van der Waals surface area (Å²) in [5.41, 5.74) is 2.63. The topological polar surface area (TPSA) is 119 Å². The van der Waals surface area contributed by atoms with Crippen LogP contribution in [0.1, 0.15) is 48.8 Å². The molecule has 230 valence electrons. The van der Waals surface area contributed by atoms with Crippen molar-refractivity contribution < 1.29 is 37.3 Å². The maximum atomic E-state index is 13.1. The van der Waals surface area contributed by atoms with Gasteiger partial charge < -0.3 is 29.4 Å². The van der Waals surface area contributed by atoms with Gasteiger partial charge in [-0.05, 0) is 36.1 Å². The summed E-state index contributed by atoms with van der Waals surface area (Å²) in [5.74, 6) is -2.22. The molecule has 2 N–H and O–H groups in total. The predicted molar refractivity (Wildman–Crippen MR) is 151 cm³/mol. The van der Waals surface area contributed by atoms with Crippen LogP contribution in [0.5, 0.6) is 0 Å². The number of nitrogens with zero attached hydrogens (tertiary/aromatic N) is 4. The second kappa shape index (κ2) is 13.0. The van der Waals surface area contributed by atoms with Crippen LogP contribution in [0.25, 0.3) is 0 Å². The van der Waals surface area contributed by atoms with Crippen LogP contribution in [0.15, 0.2) is 60.0 Å². The molecule has 43 heavy (non-hydrogen) atoms. The number of hydrogen-bond acceptors (Lipinski definition) is 8. The van der Waals surface area contributed by atoms with Crippen LogP contribution in [0, 0.1) is 5.92 Å². The van der Waals surface area contributed by atoms with Gasteiger partial charge in [-0.1, -0.05) is 55.1 Å². The number of aryl methyl sites for hydroxylation is 1. The van der Waals surface area contributed by atoms with Gasteiger partial charge in [0.15, 0.2) is 11.4 Å². The molecule has 5 atom stereocenters. The summed E-state index contributed by atoms with van der Waals surface area (Å²) in [4.78, 5) is 25.4. The molecular formula is C29H32F3N5O5S. The number of rotatable bonds is 8. The first-order valence-electron chi connectivity index (χ1n) is 13.8. The summed E-state index contributed by atoms with van der Waals surface area (Å²) in [7, 11) is 1.86. The van der Waals surface area contributed by atoms with E-state index in [4.69, 9.17) is 9.47 Å². The number of alkyl halides is 3. The first-order valence-corrected chi connectivity index (χ1v) is 14.8. The van der Waals surface area contributed by atoms with E-state index in [9.17, 15) is 27.9 Å². The Hall–Kier alpha value is -3.46. The standard InChI is InChI=1S/C29H32F3N5O5S/c1-17-23(15-43-28-35-33-16-36(28)2)41-26(42-24(17)19-10-8-18(14-38)9-11-19)20-5-3-6-21(13-20)34-25(39)22-7-4-12-37(22)27(40)29(30,31)32/h3,5-6,8-11,13,16-17,22-24,26,38H,4,7,12,14-15H2,1-2H3,(H,34,39)/t17-,22+,23+,24+,26+/m1/s1. The van der Waals surface area contributed by atoms with Crippen molar-refractivity contribution in [3.05, 3.63) is 71.5 Å². The van der Waals surface area contributed by atoms with Crippen molar-refractivity contribution in [3.8, 4) is 0 Å². The van der Waals surface area contributed by atoms with Gasteiger partial charge in [-0.15, -0.1) is 10.2 Å². The highest BCUT2D eigenvalue weighted by molar-refractivity contribution is 7.99. The molecule has 2 saturated heterocycles. The number of benzene rings is 2. The molecule has 2 aromatic carbocycles. The number of aliphatic hydroxyl groups is 1. The Bertz CT molecular complexity index is 1440. The fourth-order valence-electron chi connectivity index (χ4n) is 5.30. The van der Waals surface area contributed by atoms with E-state index in [1.54, 1.807) is 30.6 Å². The van der Waals surface area contributed by atoms with E-state index in [-0.39, 0.29) is 37.7 Å². The van der Waals surface area contributed by atoms with E-state index in [0.717, 1.165) is 16.3 Å². The number of aromatic nitrogens is 3. The predicted octanol–water partition coefficient (Wildman–Crippen LogP) is 4.38. The van der Waals surface area contributed by atoms with Gasteiger partial charge in [0.25, 0.3) is 0 Å². The fourth-order valence-corrected chi connectivity index (χ4v) is 6.35. The minimum absolute atomic E-state index is 0.0700. The average Bonchev–Trinajstić information content (AvgIpc) is 3.65. The fraction of sp³-hybridized carbons (Fsp3) is 0.448.